The minimum atomic E-state index is -0.107. The van der Waals surface area contributed by atoms with Gasteiger partial charge in [-0.2, -0.15) is 0 Å². The first-order valence-corrected chi connectivity index (χ1v) is 6.44. The van der Waals surface area contributed by atoms with Crippen LogP contribution in [0.25, 0.3) is 0 Å². The molecule has 17 heavy (non-hydrogen) atoms. The number of aromatic hydroxyl groups is 2. The topological polar surface area (TPSA) is 69.7 Å². The van der Waals surface area contributed by atoms with Crippen molar-refractivity contribution in [3.05, 3.63) is 22.2 Å². The summed E-state index contributed by atoms with van der Waals surface area (Å²) in [5.74, 6) is 0.309. The summed E-state index contributed by atoms with van der Waals surface area (Å²) >= 11 is 3.24. The summed E-state index contributed by atoms with van der Waals surface area (Å²) in [5.41, 5.74) is 6.70. The van der Waals surface area contributed by atoms with E-state index in [2.05, 4.69) is 27.9 Å². The number of phenols is 2. The molecule has 94 valence electrons. The molecule has 1 aliphatic heterocycles. The predicted molar refractivity (Wildman–Crippen MR) is 70.0 cm³/mol. The zero-order valence-corrected chi connectivity index (χ0v) is 11.3. The second-order valence-corrected chi connectivity index (χ2v) is 5.52. The van der Waals surface area contributed by atoms with Crippen LogP contribution in [-0.2, 0) is 0 Å². The molecule has 0 saturated carbocycles. The van der Waals surface area contributed by atoms with E-state index in [-0.39, 0.29) is 17.5 Å². The number of phenolic OH excluding ortho intramolecular Hbond substituents is 2. The third-order valence-corrected chi connectivity index (χ3v) is 4.02. The highest BCUT2D eigenvalue weighted by molar-refractivity contribution is 9.10. The fourth-order valence-electron chi connectivity index (χ4n) is 2.46. The molecule has 1 aliphatic rings. The van der Waals surface area contributed by atoms with E-state index in [0.29, 0.717) is 16.9 Å². The van der Waals surface area contributed by atoms with Gasteiger partial charge in [-0.05, 0) is 59.6 Å². The molecule has 2 unspecified atom stereocenters. The van der Waals surface area contributed by atoms with Gasteiger partial charge < -0.3 is 15.9 Å². The first kappa shape index (κ1) is 12.7. The Morgan fingerprint density at radius 3 is 2.71 bits per heavy atom. The predicted octanol–water partition coefficient (Wildman–Crippen LogP) is 1.81. The molecule has 2 atom stereocenters. The number of nitrogens with two attached hydrogens (primary N) is 1. The van der Waals surface area contributed by atoms with Gasteiger partial charge in [-0.15, -0.1) is 0 Å². The quantitative estimate of drug-likeness (QED) is 0.729. The van der Waals surface area contributed by atoms with E-state index in [9.17, 15) is 10.2 Å². The molecule has 0 amide bonds. The molecule has 1 aromatic rings. The van der Waals surface area contributed by atoms with E-state index >= 15 is 0 Å². The zero-order valence-electron chi connectivity index (χ0n) is 9.73. The fourth-order valence-corrected chi connectivity index (χ4v) is 2.93. The fraction of sp³-hybridized carbons (Fsp3) is 0.500. The Morgan fingerprint density at radius 2 is 2.18 bits per heavy atom. The summed E-state index contributed by atoms with van der Waals surface area (Å²) in [6, 6.07) is 3.74. The minimum absolute atomic E-state index is 0.0843. The Balaban J connectivity index is 2.29. The zero-order chi connectivity index (χ0) is 12.6. The standard InChI is InChI=1S/C12H17BrN2O2/c1-15-6-7(5-14)2-10(15)8-3-9(13)12(17)11(16)4-8/h3-4,7,10,16-17H,2,5-6,14H2,1H3. The van der Waals surface area contributed by atoms with Crippen LogP contribution in [0.4, 0.5) is 0 Å². The molecule has 4 N–H and O–H groups in total. The maximum Gasteiger partial charge on any atom is 0.171 e. The van der Waals surface area contributed by atoms with Gasteiger partial charge in [-0.3, -0.25) is 4.90 Å². The lowest BCUT2D eigenvalue weighted by molar-refractivity contribution is 0.312. The van der Waals surface area contributed by atoms with Crippen LogP contribution >= 0.6 is 15.9 Å². The van der Waals surface area contributed by atoms with Crippen LogP contribution < -0.4 is 5.73 Å². The molecule has 1 fully saturated rings. The van der Waals surface area contributed by atoms with Gasteiger partial charge in [-0.25, -0.2) is 0 Å². The second kappa shape index (κ2) is 4.84. The first-order chi connectivity index (χ1) is 8.02. The van der Waals surface area contributed by atoms with E-state index in [1.807, 2.05) is 6.07 Å². The van der Waals surface area contributed by atoms with Crippen molar-refractivity contribution in [1.82, 2.24) is 4.90 Å². The van der Waals surface area contributed by atoms with Crippen molar-refractivity contribution in [2.45, 2.75) is 12.5 Å². The number of rotatable bonds is 2. The number of halogens is 1. The van der Waals surface area contributed by atoms with Gasteiger partial charge in [0.05, 0.1) is 4.47 Å². The highest BCUT2D eigenvalue weighted by atomic mass is 79.9. The highest BCUT2D eigenvalue weighted by Crippen LogP contribution is 2.40. The normalized spacial score (nSPS) is 25.4. The second-order valence-electron chi connectivity index (χ2n) is 4.66. The lowest BCUT2D eigenvalue weighted by Crippen LogP contribution is -2.20. The van der Waals surface area contributed by atoms with Gasteiger partial charge in [0.1, 0.15) is 0 Å². The maximum atomic E-state index is 9.63. The van der Waals surface area contributed by atoms with Crippen LogP contribution in [-0.4, -0.2) is 35.3 Å². The highest BCUT2D eigenvalue weighted by Gasteiger charge is 2.30. The van der Waals surface area contributed by atoms with Gasteiger partial charge in [0.25, 0.3) is 0 Å². The Kier molecular flexibility index (Phi) is 3.61. The van der Waals surface area contributed by atoms with Crippen LogP contribution in [0.15, 0.2) is 16.6 Å². The molecule has 0 spiro atoms. The summed E-state index contributed by atoms with van der Waals surface area (Å²) in [6.45, 7) is 1.66. The lowest BCUT2D eigenvalue weighted by atomic mass is 9.99. The maximum absolute atomic E-state index is 9.63. The first-order valence-electron chi connectivity index (χ1n) is 5.64. The number of hydrogen-bond donors (Lipinski definition) is 3. The Labute approximate surface area is 109 Å². The summed E-state index contributed by atoms with van der Waals surface area (Å²) in [7, 11) is 2.05. The number of hydrogen-bond acceptors (Lipinski definition) is 4. The molecule has 1 saturated heterocycles. The average molecular weight is 301 g/mol. The average Bonchev–Trinajstić information content (AvgIpc) is 2.67. The van der Waals surface area contributed by atoms with E-state index in [0.717, 1.165) is 18.5 Å². The van der Waals surface area contributed by atoms with Gasteiger partial charge in [0.2, 0.25) is 0 Å². The molecule has 5 heteroatoms. The lowest BCUT2D eigenvalue weighted by Gasteiger charge is -2.20. The third kappa shape index (κ3) is 2.41. The molecule has 0 aliphatic carbocycles. The molecular weight excluding hydrogens is 284 g/mol. The van der Waals surface area contributed by atoms with Crippen molar-refractivity contribution >= 4 is 15.9 Å². The van der Waals surface area contributed by atoms with Gasteiger partial charge in [0.15, 0.2) is 11.5 Å². The van der Waals surface area contributed by atoms with E-state index in [1.165, 1.54) is 0 Å². The number of benzene rings is 1. The Hall–Kier alpha value is -0.780. The van der Waals surface area contributed by atoms with E-state index in [1.54, 1.807) is 6.07 Å². The van der Waals surface area contributed by atoms with Gasteiger partial charge in [0, 0.05) is 12.6 Å². The van der Waals surface area contributed by atoms with Crippen LogP contribution in [0.2, 0.25) is 0 Å². The van der Waals surface area contributed by atoms with Crippen LogP contribution in [0.1, 0.15) is 18.0 Å². The molecule has 0 bridgehead atoms. The molecule has 2 rings (SSSR count). The monoisotopic (exact) mass is 300 g/mol. The van der Waals surface area contributed by atoms with Crippen molar-refractivity contribution < 1.29 is 10.2 Å². The van der Waals surface area contributed by atoms with Crippen molar-refractivity contribution in [3.8, 4) is 11.5 Å². The molecule has 0 radical (unpaired) electrons. The Bertz CT molecular complexity index is 402. The van der Waals surface area contributed by atoms with Crippen LogP contribution in [0.3, 0.4) is 0 Å². The Morgan fingerprint density at radius 1 is 1.47 bits per heavy atom. The molecule has 0 aromatic heterocycles. The summed E-state index contributed by atoms with van der Waals surface area (Å²) in [4.78, 5) is 2.23. The van der Waals surface area contributed by atoms with Crippen molar-refractivity contribution in [3.63, 3.8) is 0 Å². The van der Waals surface area contributed by atoms with Gasteiger partial charge in [-0.1, -0.05) is 0 Å². The number of likely N-dealkylation sites (tertiary alicyclic amines) is 1. The minimum Gasteiger partial charge on any atom is -0.504 e. The van der Waals surface area contributed by atoms with Crippen molar-refractivity contribution in [2.24, 2.45) is 11.7 Å². The summed E-state index contributed by atoms with van der Waals surface area (Å²) in [6.07, 6.45) is 0.990. The molecule has 4 nitrogen and oxygen atoms in total. The molecule has 1 heterocycles. The smallest absolute Gasteiger partial charge is 0.171 e. The van der Waals surface area contributed by atoms with E-state index in [4.69, 9.17) is 5.73 Å². The summed E-state index contributed by atoms with van der Waals surface area (Å²) in [5, 5.41) is 19.1. The van der Waals surface area contributed by atoms with E-state index < -0.39 is 0 Å². The summed E-state index contributed by atoms with van der Waals surface area (Å²) < 4.78 is 0.525. The largest absolute Gasteiger partial charge is 0.504 e. The third-order valence-electron chi connectivity index (χ3n) is 3.42. The number of nitrogens with zero attached hydrogens (tertiary/aromatic N) is 1. The SMILES string of the molecule is CN1CC(CN)CC1c1cc(O)c(O)c(Br)c1. The van der Waals surface area contributed by atoms with Gasteiger partial charge >= 0.3 is 0 Å². The molecule has 1 aromatic carbocycles. The van der Waals surface area contributed by atoms with Crippen molar-refractivity contribution in [2.75, 3.05) is 20.1 Å². The van der Waals surface area contributed by atoms with Crippen LogP contribution in [0, 0.1) is 5.92 Å². The molecular formula is C12H17BrN2O2. The van der Waals surface area contributed by atoms with Crippen molar-refractivity contribution in [1.29, 1.82) is 0 Å². The van der Waals surface area contributed by atoms with Crippen LogP contribution in [0.5, 0.6) is 11.5 Å².